The Labute approximate surface area is 160 Å². The summed E-state index contributed by atoms with van der Waals surface area (Å²) in [6.07, 6.45) is 1.83. The number of nitrogens with one attached hydrogen (secondary N) is 1. The van der Waals surface area contributed by atoms with Gasteiger partial charge in [0, 0.05) is 4.90 Å². The van der Waals surface area contributed by atoms with Crippen molar-refractivity contribution in [2.75, 3.05) is 5.75 Å². The van der Waals surface area contributed by atoms with Crippen LogP contribution in [0.4, 0.5) is 0 Å². The van der Waals surface area contributed by atoms with Gasteiger partial charge in [-0.1, -0.05) is 43.0 Å². The Morgan fingerprint density at radius 2 is 2.12 bits per heavy atom. The molecule has 1 fully saturated rings. The van der Waals surface area contributed by atoms with Crippen LogP contribution in [0.15, 0.2) is 46.2 Å². The number of hydrogen-bond acceptors (Lipinski definition) is 5. The van der Waals surface area contributed by atoms with E-state index in [2.05, 4.69) is 24.4 Å². The molecule has 0 saturated carbocycles. The molecular formula is C19H17NO2S3. The number of carbonyl (C=O) groups excluding carboxylic acids is 1. The first kappa shape index (κ1) is 18.0. The van der Waals surface area contributed by atoms with Gasteiger partial charge in [-0.05, 0) is 65.3 Å². The predicted octanol–water partition coefficient (Wildman–Crippen LogP) is 4.97. The Morgan fingerprint density at radius 3 is 2.80 bits per heavy atom. The first-order valence-electron chi connectivity index (χ1n) is 7.79. The fourth-order valence-corrected chi connectivity index (χ4v) is 4.32. The van der Waals surface area contributed by atoms with Gasteiger partial charge in [0.15, 0.2) is 0 Å². The van der Waals surface area contributed by atoms with Crippen molar-refractivity contribution in [2.45, 2.75) is 18.7 Å². The van der Waals surface area contributed by atoms with Crippen molar-refractivity contribution in [3.05, 3.63) is 52.4 Å². The Kier molecular flexibility index (Phi) is 5.51. The van der Waals surface area contributed by atoms with Crippen LogP contribution in [0.2, 0.25) is 0 Å². The maximum Gasteiger partial charge on any atom is 0.263 e. The van der Waals surface area contributed by atoms with Crippen LogP contribution in [0.25, 0.3) is 17.2 Å². The number of thiocarbonyl (C=S) groups is 1. The van der Waals surface area contributed by atoms with E-state index in [1.165, 1.54) is 16.7 Å². The number of aromatic hydroxyl groups is 1. The summed E-state index contributed by atoms with van der Waals surface area (Å²) in [7, 11) is 0. The molecule has 0 aliphatic carbocycles. The fraction of sp³-hybridized carbons (Fsp3) is 0.158. The van der Waals surface area contributed by atoms with Crippen molar-refractivity contribution in [3.63, 3.8) is 0 Å². The van der Waals surface area contributed by atoms with Crippen LogP contribution >= 0.6 is 35.7 Å². The molecule has 1 aliphatic rings. The van der Waals surface area contributed by atoms with Crippen LogP contribution in [-0.2, 0) is 4.79 Å². The molecule has 3 nitrogen and oxygen atoms in total. The quantitative estimate of drug-likeness (QED) is 0.441. The van der Waals surface area contributed by atoms with Crippen LogP contribution in [0.1, 0.15) is 18.1 Å². The lowest BCUT2D eigenvalue weighted by molar-refractivity contribution is -0.115. The van der Waals surface area contributed by atoms with Crippen molar-refractivity contribution in [1.29, 1.82) is 0 Å². The smallest absolute Gasteiger partial charge is 0.263 e. The van der Waals surface area contributed by atoms with Crippen molar-refractivity contribution >= 4 is 52.0 Å². The van der Waals surface area contributed by atoms with Gasteiger partial charge < -0.3 is 10.4 Å². The highest BCUT2D eigenvalue weighted by Crippen LogP contribution is 2.35. The molecule has 1 heterocycles. The standard InChI is InChI=1S/C19H17NO2S3/c1-3-24-14-6-4-5-12(8-14)15-10-16(21)11(2)7-13(15)9-17-18(22)20-19(23)25-17/h4-10,21H,3H2,1-2H3,(H,20,22,23). The first-order valence-corrected chi connectivity index (χ1v) is 10.0. The second kappa shape index (κ2) is 7.64. The molecular weight excluding hydrogens is 370 g/mol. The third-order valence-corrected chi connectivity index (χ3v) is 5.79. The van der Waals surface area contributed by atoms with E-state index in [4.69, 9.17) is 12.2 Å². The van der Waals surface area contributed by atoms with E-state index in [0.717, 1.165) is 28.0 Å². The van der Waals surface area contributed by atoms with Gasteiger partial charge in [-0.15, -0.1) is 11.8 Å². The van der Waals surface area contributed by atoms with Crippen molar-refractivity contribution in [3.8, 4) is 16.9 Å². The highest BCUT2D eigenvalue weighted by molar-refractivity contribution is 8.26. The number of amides is 1. The summed E-state index contributed by atoms with van der Waals surface area (Å²) >= 11 is 8.08. The number of aryl methyl sites for hydroxylation is 1. The van der Waals surface area contributed by atoms with Crippen molar-refractivity contribution in [2.24, 2.45) is 0 Å². The number of thioether (sulfide) groups is 2. The van der Waals surface area contributed by atoms with E-state index in [-0.39, 0.29) is 11.7 Å². The van der Waals surface area contributed by atoms with Crippen molar-refractivity contribution < 1.29 is 9.90 Å². The minimum Gasteiger partial charge on any atom is -0.508 e. The molecule has 1 amide bonds. The zero-order valence-corrected chi connectivity index (χ0v) is 16.3. The zero-order valence-electron chi connectivity index (χ0n) is 13.8. The molecule has 0 aromatic heterocycles. The molecule has 0 bridgehead atoms. The molecule has 2 aromatic carbocycles. The summed E-state index contributed by atoms with van der Waals surface area (Å²) in [6, 6.07) is 11.8. The van der Waals surface area contributed by atoms with Crippen molar-refractivity contribution in [1.82, 2.24) is 5.32 Å². The van der Waals surface area contributed by atoms with Gasteiger partial charge in [0.05, 0.1) is 4.91 Å². The summed E-state index contributed by atoms with van der Waals surface area (Å²) in [6.45, 7) is 3.96. The topological polar surface area (TPSA) is 49.3 Å². The molecule has 1 saturated heterocycles. The van der Waals surface area contributed by atoms with Gasteiger partial charge in [0.25, 0.3) is 5.91 Å². The summed E-state index contributed by atoms with van der Waals surface area (Å²) < 4.78 is 0.467. The lowest BCUT2D eigenvalue weighted by Crippen LogP contribution is -2.17. The number of hydrogen-bond donors (Lipinski definition) is 2. The summed E-state index contributed by atoms with van der Waals surface area (Å²) in [5, 5.41) is 12.8. The summed E-state index contributed by atoms with van der Waals surface area (Å²) in [5.74, 6) is 1.06. The Hall–Kier alpha value is -1.76. The largest absolute Gasteiger partial charge is 0.508 e. The molecule has 0 unspecified atom stereocenters. The third kappa shape index (κ3) is 4.08. The summed E-state index contributed by atoms with van der Waals surface area (Å²) in [4.78, 5) is 13.7. The van der Waals surface area contributed by atoms with Gasteiger partial charge in [0.2, 0.25) is 0 Å². The maximum atomic E-state index is 12.0. The highest BCUT2D eigenvalue weighted by atomic mass is 32.2. The van der Waals surface area contributed by atoms with Gasteiger partial charge in [-0.2, -0.15) is 0 Å². The number of phenols is 1. The molecule has 0 radical (unpaired) electrons. The average molecular weight is 388 g/mol. The average Bonchev–Trinajstić information content (AvgIpc) is 2.89. The number of phenolic OH excluding ortho intramolecular Hbond substituents is 1. The van der Waals surface area contributed by atoms with Crippen LogP contribution in [0, 0.1) is 6.92 Å². The molecule has 2 aromatic rings. The Bertz CT molecular complexity index is 890. The van der Waals surface area contributed by atoms with Crippen LogP contribution in [0.5, 0.6) is 5.75 Å². The normalized spacial score (nSPS) is 15.7. The van der Waals surface area contributed by atoms with Crippen LogP contribution in [-0.4, -0.2) is 21.1 Å². The third-order valence-electron chi connectivity index (χ3n) is 3.75. The van der Waals surface area contributed by atoms with Crippen LogP contribution in [0.3, 0.4) is 0 Å². The second-order valence-electron chi connectivity index (χ2n) is 5.54. The molecule has 0 spiro atoms. The first-order chi connectivity index (χ1) is 12.0. The summed E-state index contributed by atoms with van der Waals surface area (Å²) in [5.41, 5.74) is 3.55. The number of carbonyl (C=O) groups is 1. The SMILES string of the molecule is CCSc1cccc(-c2cc(O)c(C)cc2C=C2SC(=S)NC2=O)c1. The predicted molar refractivity (Wildman–Crippen MR) is 111 cm³/mol. The fourth-order valence-electron chi connectivity index (χ4n) is 2.57. The molecule has 6 heteroatoms. The molecule has 0 atom stereocenters. The number of benzene rings is 2. The van der Waals surface area contributed by atoms with Gasteiger partial charge in [-0.25, -0.2) is 0 Å². The van der Waals surface area contributed by atoms with E-state index >= 15 is 0 Å². The minimum absolute atomic E-state index is 0.179. The molecule has 1 aliphatic heterocycles. The lowest BCUT2D eigenvalue weighted by Gasteiger charge is -2.11. The molecule has 2 N–H and O–H groups in total. The van der Waals surface area contributed by atoms with Gasteiger partial charge in [0.1, 0.15) is 10.1 Å². The maximum absolute atomic E-state index is 12.0. The van der Waals surface area contributed by atoms with E-state index in [0.29, 0.717) is 9.23 Å². The van der Waals surface area contributed by atoms with Gasteiger partial charge in [-0.3, -0.25) is 4.79 Å². The Morgan fingerprint density at radius 1 is 1.32 bits per heavy atom. The Balaban J connectivity index is 2.12. The number of rotatable bonds is 4. The molecule has 128 valence electrons. The van der Waals surface area contributed by atoms with Crippen LogP contribution < -0.4 is 5.32 Å². The van der Waals surface area contributed by atoms with E-state index in [1.54, 1.807) is 17.8 Å². The second-order valence-corrected chi connectivity index (χ2v) is 8.60. The van der Waals surface area contributed by atoms with E-state index in [1.807, 2.05) is 31.2 Å². The van der Waals surface area contributed by atoms with E-state index < -0.39 is 0 Å². The highest BCUT2D eigenvalue weighted by Gasteiger charge is 2.22. The zero-order chi connectivity index (χ0) is 18.0. The van der Waals surface area contributed by atoms with Gasteiger partial charge >= 0.3 is 0 Å². The van der Waals surface area contributed by atoms with E-state index in [9.17, 15) is 9.90 Å². The molecule has 25 heavy (non-hydrogen) atoms. The molecule has 3 rings (SSSR count). The monoisotopic (exact) mass is 387 g/mol. The minimum atomic E-state index is -0.179. The lowest BCUT2D eigenvalue weighted by atomic mass is 9.96.